The topological polar surface area (TPSA) is 100 Å². The van der Waals surface area contributed by atoms with E-state index in [-0.39, 0.29) is 23.4 Å². The monoisotopic (exact) mass is 476 g/mol. The Morgan fingerprint density at radius 3 is 2.24 bits per heavy atom. The first-order chi connectivity index (χ1) is 15.6. The van der Waals surface area contributed by atoms with Gasteiger partial charge in [0.15, 0.2) is 5.75 Å². The molecule has 2 aliphatic heterocycles. The summed E-state index contributed by atoms with van der Waals surface area (Å²) in [5.41, 5.74) is -0.545. The average molecular weight is 476 g/mol. The van der Waals surface area contributed by atoms with Gasteiger partial charge in [0.2, 0.25) is 0 Å². The molecule has 2 aliphatic rings. The van der Waals surface area contributed by atoms with Gasteiger partial charge in [-0.15, -0.1) is 0 Å². The van der Waals surface area contributed by atoms with Crippen molar-refractivity contribution in [2.45, 2.75) is 85.0 Å². The number of aryl methyl sites for hydroxylation is 1. The second kappa shape index (κ2) is 9.38. The standard InChI is InChI=1S/C24H37BN2O7/c1-16-13-18(25-33-23(5,6)24(7,8)34-25)20(19(14-16)27(29)30)31-15-17-9-11-26(12-10-17)21(28)32-22(2,3)4/h13-14,17H,9-12,15H2,1-8H3. The molecule has 2 saturated heterocycles. The van der Waals surface area contributed by atoms with Crippen molar-refractivity contribution in [3.8, 4) is 5.75 Å². The van der Waals surface area contributed by atoms with Crippen LogP contribution >= 0.6 is 0 Å². The number of hydrogen-bond acceptors (Lipinski definition) is 7. The molecule has 2 heterocycles. The van der Waals surface area contributed by atoms with Crippen LogP contribution in [0, 0.1) is 23.0 Å². The zero-order chi connectivity index (χ0) is 25.5. The maximum absolute atomic E-state index is 12.3. The number of likely N-dealkylation sites (tertiary alicyclic amines) is 1. The van der Waals surface area contributed by atoms with Crippen molar-refractivity contribution in [2.24, 2.45) is 5.92 Å². The molecule has 1 aromatic carbocycles. The van der Waals surface area contributed by atoms with Gasteiger partial charge in [0.05, 0.1) is 22.7 Å². The largest absolute Gasteiger partial charge is 0.498 e. The number of rotatable bonds is 5. The molecular formula is C24H37BN2O7. The van der Waals surface area contributed by atoms with E-state index in [0.717, 1.165) is 18.4 Å². The number of carbonyl (C=O) groups excluding carboxylic acids is 1. The van der Waals surface area contributed by atoms with Crippen molar-refractivity contribution in [1.82, 2.24) is 4.90 Å². The highest BCUT2D eigenvalue weighted by molar-refractivity contribution is 6.63. The number of piperidine rings is 1. The number of nitro groups is 1. The number of ether oxygens (including phenoxy) is 2. The molecule has 0 spiro atoms. The molecule has 34 heavy (non-hydrogen) atoms. The lowest BCUT2D eigenvalue weighted by Gasteiger charge is -2.33. The van der Waals surface area contributed by atoms with E-state index >= 15 is 0 Å². The lowest BCUT2D eigenvalue weighted by molar-refractivity contribution is -0.385. The van der Waals surface area contributed by atoms with E-state index in [2.05, 4.69) is 0 Å². The van der Waals surface area contributed by atoms with Crippen LogP contribution in [0.1, 0.15) is 66.9 Å². The first-order valence-electron chi connectivity index (χ1n) is 11.8. The minimum atomic E-state index is -0.771. The molecule has 188 valence electrons. The van der Waals surface area contributed by atoms with Crippen molar-refractivity contribution >= 4 is 24.4 Å². The van der Waals surface area contributed by atoms with Gasteiger partial charge in [-0.2, -0.15) is 0 Å². The summed E-state index contributed by atoms with van der Waals surface area (Å²) in [5, 5.41) is 11.9. The summed E-state index contributed by atoms with van der Waals surface area (Å²) in [6, 6.07) is 3.34. The summed E-state index contributed by atoms with van der Waals surface area (Å²) >= 11 is 0. The van der Waals surface area contributed by atoms with Gasteiger partial charge < -0.3 is 23.7 Å². The normalized spacial score (nSPS) is 20.4. The minimum Gasteiger partial charge on any atom is -0.487 e. The molecule has 0 aliphatic carbocycles. The van der Waals surface area contributed by atoms with E-state index in [1.54, 1.807) is 11.8 Å². The summed E-state index contributed by atoms with van der Waals surface area (Å²) < 4.78 is 23.9. The van der Waals surface area contributed by atoms with Crippen LogP contribution in [0.5, 0.6) is 5.75 Å². The van der Waals surface area contributed by atoms with Crippen LogP contribution in [0.3, 0.4) is 0 Å². The van der Waals surface area contributed by atoms with Crippen LogP contribution in [-0.4, -0.2) is 59.5 Å². The summed E-state index contributed by atoms with van der Waals surface area (Å²) in [6.07, 6.45) is 1.14. The molecule has 10 heteroatoms. The van der Waals surface area contributed by atoms with Crippen molar-refractivity contribution in [3.63, 3.8) is 0 Å². The predicted molar refractivity (Wildman–Crippen MR) is 130 cm³/mol. The number of carbonyl (C=O) groups is 1. The van der Waals surface area contributed by atoms with Crippen molar-refractivity contribution in [2.75, 3.05) is 19.7 Å². The molecule has 9 nitrogen and oxygen atoms in total. The SMILES string of the molecule is Cc1cc(B2OC(C)(C)C(C)(C)O2)c(OCC2CCN(C(=O)OC(C)(C)C)CC2)c([N+](=O)[O-])c1. The Hall–Kier alpha value is -2.33. The lowest BCUT2D eigenvalue weighted by Crippen LogP contribution is -2.42. The molecule has 0 saturated carbocycles. The smallest absolute Gasteiger partial charge is 0.487 e. The van der Waals surface area contributed by atoms with E-state index < -0.39 is 28.8 Å². The molecule has 0 bridgehead atoms. The van der Waals surface area contributed by atoms with Crippen LogP contribution in [0.4, 0.5) is 10.5 Å². The first-order valence-corrected chi connectivity index (χ1v) is 11.8. The zero-order valence-electron chi connectivity index (χ0n) is 21.6. The van der Waals surface area contributed by atoms with E-state index in [9.17, 15) is 14.9 Å². The Morgan fingerprint density at radius 1 is 1.18 bits per heavy atom. The molecule has 2 fully saturated rings. The molecule has 0 atom stereocenters. The fourth-order valence-corrected chi connectivity index (χ4v) is 4.03. The Bertz CT molecular complexity index is 918. The highest BCUT2D eigenvalue weighted by Crippen LogP contribution is 2.38. The summed E-state index contributed by atoms with van der Waals surface area (Å²) in [4.78, 5) is 25.5. The van der Waals surface area contributed by atoms with Gasteiger partial charge in [-0.1, -0.05) is 6.07 Å². The number of nitrogens with zero attached hydrogens (tertiary/aromatic N) is 2. The summed E-state index contributed by atoms with van der Waals surface area (Å²) in [5.74, 6) is 0.342. The van der Waals surface area contributed by atoms with Gasteiger partial charge in [-0.3, -0.25) is 10.1 Å². The van der Waals surface area contributed by atoms with E-state index in [1.807, 2.05) is 54.5 Å². The van der Waals surface area contributed by atoms with Gasteiger partial charge in [0.25, 0.3) is 0 Å². The Kier molecular flexibility index (Phi) is 7.25. The summed E-state index contributed by atoms with van der Waals surface area (Å²) in [6.45, 7) is 16.5. The van der Waals surface area contributed by atoms with Crippen LogP contribution in [0.25, 0.3) is 0 Å². The molecule has 0 N–H and O–H groups in total. The molecule has 0 radical (unpaired) electrons. The van der Waals surface area contributed by atoms with Crippen LogP contribution in [0.2, 0.25) is 0 Å². The maximum atomic E-state index is 12.3. The average Bonchev–Trinajstić information content (AvgIpc) is 2.92. The fourth-order valence-electron chi connectivity index (χ4n) is 4.03. The van der Waals surface area contributed by atoms with E-state index in [1.165, 1.54) is 6.07 Å². The third-order valence-electron chi connectivity index (χ3n) is 6.68. The number of nitro benzene ring substituents is 1. The van der Waals surface area contributed by atoms with Crippen LogP contribution in [-0.2, 0) is 14.0 Å². The predicted octanol–water partition coefficient (Wildman–Crippen LogP) is 4.23. The van der Waals surface area contributed by atoms with E-state index in [4.69, 9.17) is 18.8 Å². The minimum absolute atomic E-state index is 0.101. The van der Waals surface area contributed by atoms with Crippen LogP contribution < -0.4 is 10.2 Å². The molecule has 0 aromatic heterocycles. The third-order valence-corrected chi connectivity index (χ3v) is 6.68. The lowest BCUT2D eigenvalue weighted by atomic mass is 9.77. The molecule has 1 amide bonds. The van der Waals surface area contributed by atoms with Gasteiger partial charge in [0, 0.05) is 24.6 Å². The zero-order valence-corrected chi connectivity index (χ0v) is 21.6. The maximum Gasteiger partial charge on any atom is 0.498 e. The number of benzene rings is 1. The Labute approximate surface area is 202 Å². The first kappa shape index (κ1) is 26.3. The van der Waals surface area contributed by atoms with Crippen molar-refractivity contribution in [3.05, 3.63) is 27.8 Å². The Morgan fingerprint density at radius 2 is 1.74 bits per heavy atom. The molecular weight excluding hydrogens is 439 g/mol. The van der Waals surface area contributed by atoms with Gasteiger partial charge >= 0.3 is 18.9 Å². The van der Waals surface area contributed by atoms with Crippen molar-refractivity contribution < 1.29 is 28.5 Å². The van der Waals surface area contributed by atoms with Gasteiger partial charge in [-0.05, 0) is 79.7 Å². The van der Waals surface area contributed by atoms with Gasteiger partial charge in [-0.25, -0.2) is 4.79 Å². The molecule has 0 unspecified atom stereocenters. The van der Waals surface area contributed by atoms with Crippen LogP contribution in [0.15, 0.2) is 12.1 Å². The fraction of sp³-hybridized carbons (Fsp3) is 0.708. The molecule has 1 aromatic rings. The Balaban J connectivity index is 1.74. The van der Waals surface area contributed by atoms with E-state index in [0.29, 0.717) is 25.2 Å². The third kappa shape index (κ3) is 5.83. The summed E-state index contributed by atoms with van der Waals surface area (Å²) in [7, 11) is -0.771. The van der Waals surface area contributed by atoms with Crippen molar-refractivity contribution in [1.29, 1.82) is 0 Å². The number of hydrogen-bond donors (Lipinski definition) is 0. The highest BCUT2D eigenvalue weighted by Gasteiger charge is 2.53. The number of amides is 1. The second-order valence-corrected chi connectivity index (χ2v) is 11.3. The quantitative estimate of drug-likeness (QED) is 0.356. The highest BCUT2D eigenvalue weighted by atomic mass is 16.7. The van der Waals surface area contributed by atoms with Gasteiger partial charge in [0.1, 0.15) is 5.60 Å². The second-order valence-electron chi connectivity index (χ2n) is 11.3. The molecule has 3 rings (SSSR count).